The van der Waals surface area contributed by atoms with Gasteiger partial charge in [0.1, 0.15) is 20.6 Å². The highest BCUT2D eigenvalue weighted by molar-refractivity contribution is 7.91. The predicted octanol–water partition coefficient (Wildman–Crippen LogP) is 0.369. The van der Waals surface area contributed by atoms with E-state index in [0.717, 1.165) is 0 Å². The van der Waals surface area contributed by atoms with E-state index in [1.807, 2.05) is 6.92 Å². The summed E-state index contributed by atoms with van der Waals surface area (Å²) in [4.78, 5) is 4.11. The summed E-state index contributed by atoms with van der Waals surface area (Å²) >= 11 is 0. The summed E-state index contributed by atoms with van der Waals surface area (Å²) in [5.74, 6) is 0.662. The van der Waals surface area contributed by atoms with Crippen molar-refractivity contribution in [3.8, 4) is 0 Å². The lowest BCUT2D eigenvalue weighted by atomic mass is 10.2. The lowest BCUT2D eigenvalue weighted by Crippen LogP contribution is -2.40. The van der Waals surface area contributed by atoms with Crippen molar-refractivity contribution in [2.24, 2.45) is 0 Å². The number of aromatic nitrogens is 1. The van der Waals surface area contributed by atoms with Gasteiger partial charge in [-0.1, -0.05) is 0 Å². The van der Waals surface area contributed by atoms with Crippen molar-refractivity contribution in [2.45, 2.75) is 30.7 Å². The average Bonchev–Trinajstić information content (AvgIpc) is 2.42. The van der Waals surface area contributed by atoms with E-state index in [1.54, 1.807) is 6.07 Å². The molecule has 118 valence electrons. The molecule has 0 aliphatic carbocycles. The number of hydrogen-bond donors (Lipinski definition) is 2. The zero-order chi connectivity index (χ0) is 15.5. The van der Waals surface area contributed by atoms with Gasteiger partial charge in [-0.05, 0) is 31.9 Å². The second kappa shape index (κ2) is 6.29. The number of sulfone groups is 1. The fourth-order valence-electron chi connectivity index (χ4n) is 2.12. The van der Waals surface area contributed by atoms with E-state index in [1.165, 1.54) is 12.3 Å². The van der Waals surface area contributed by atoms with Crippen LogP contribution in [0.15, 0.2) is 23.2 Å². The highest BCUT2D eigenvalue weighted by atomic mass is 32.2. The molecule has 0 atom stereocenters. The van der Waals surface area contributed by atoms with Crippen LogP contribution in [0.4, 0.5) is 5.82 Å². The lowest BCUT2D eigenvalue weighted by molar-refractivity contribution is 0.505. The minimum Gasteiger partial charge on any atom is -0.370 e. The van der Waals surface area contributed by atoms with Crippen molar-refractivity contribution in [3.05, 3.63) is 18.3 Å². The van der Waals surface area contributed by atoms with E-state index in [9.17, 15) is 16.8 Å². The van der Waals surface area contributed by atoms with Crippen molar-refractivity contribution in [1.82, 2.24) is 9.71 Å². The fourth-order valence-corrected chi connectivity index (χ4v) is 4.86. The maximum atomic E-state index is 12.2. The third kappa shape index (κ3) is 4.39. The highest BCUT2D eigenvalue weighted by Gasteiger charge is 2.27. The van der Waals surface area contributed by atoms with Gasteiger partial charge in [0.25, 0.3) is 0 Å². The van der Waals surface area contributed by atoms with E-state index >= 15 is 0 Å². The van der Waals surface area contributed by atoms with Gasteiger partial charge in [0.15, 0.2) is 0 Å². The molecule has 0 unspecified atom stereocenters. The molecule has 1 aromatic rings. The zero-order valence-corrected chi connectivity index (χ0v) is 13.4. The van der Waals surface area contributed by atoms with Crippen LogP contribution in [0, 0.1) is 0 Å². The number of rotatable bonds is 5. The molecule has 0 spiro atoms. The number of nitrogens with one attached hydrogen (secondary N) is 2. The van der Waals surface area contributed by atoms with Gasteiger partial charge in [-0.3, -0.25) is 0 Å². The van der Waals surface area contributed by atoms with Crippen LogP contribution >= 0.6 is 0 Å². The van der Waals surface area contributed by atoms with Gasteiger partial charge in [-0.15, -0.1) is 0 Å². The first-order valence-corrected chi connectivity index (χ1v) is 10.1. The predicted molar refractivity (Wildman–Crippen MR) is 80.4 cm³/mol. The number of anilines is 1. The van der Waals surface area contributed by atoms with Gasteiger partial charge in [-0.25, -0.2) is 26.5 Å². The summed E-state index contributed by atoms with van der Waals surface area (Å²) in [7, 11) is -6.67. The Morgan fingerprint density at radius 2 is 1.95 bits per heavy atom. The van der Waals surface area contributed by atoms with E-state index < -0.39 is 19.9 Å². The van der Waals surface area contributed by atoms with Crippen LogP contribution in [0.2, 0.25) is 0 Å². The number of hydrogen-bond acceptors (Lipinski definition) is 6. The van der Waals surface area contributed by atoms with Crippen LogP contribution in [0.25, 0.3) is 0 Å². The molecular weight excluding hydrogens is 314 g/mol. The van der Waals surface area contributed by atoms with Crippen LogP contribution in [0.1, 0.15) is 19.8 Å². The van der Waals surface area contributed by atoms with Gasteiger partial charge in [0.05, 0.1) is 11.5 Å². The maximum Gasteiger partial charge on any atom is 0.242 e. The van der Waals surface area contributed by atoms with E-state index in [4.69, 9.17) is 0 Å². The lowest BCUT2D eigenvalue weighted by Gasteiger charge is -2.22. The van der Waals surface area contributed by atoms with Gasteiger partial charge < -0.3 is 5.32 Å². The Kier molecular flexibility index (Phi) is 4.84. The first kappa shape index (κ1) is 16.2. The van der Waals surface area contributed by atoms with Gasteiger partial charge in [-0.2, -0.15) is 0 Å². The SMILES string of the molecule is CCNc1ccc(S(=O)(=O)NC2CCS(=O)(=O)CC2)cn1. The molecule has 2 heterocycles. The Hall–Kier alpha value is -1.19. The minimum atomic E-state index is -3.66. The smallest absolute Gasteiger partial charge is 0.242 e. The Balaban J connectivity index is 2.05. The Bertz CT molecular complexity index is 670. The molecule has 1 aromatic heterocycles. The third-order valence-electron chi connectivity index (χ3n) is 3.28. The fraction of sp³-hybridized carbons (Fsp3) is 0.583. The van der Waals surface area contributed by atoms with Gasteiger partial charge in [0.2, 0.25) is 10.0 Å². The van der Waals surface area contributed by atoms with Gasteiger partial charge >= 0.3 is 0 Å². The molecule has 0 radical (unpaired) electrons. The minimum absolute atomic E-state index is 0.0256. The molecule has 1 aliphatic rings. The van der Waals surface area contributed by atoms with Crippen LogP contribution in [-0.4, -0.2) is 45.9 Å². The summed E-state index contributed by atoms with van der Waals surface area (Å²) in [6, 6.07) is 2.74. The average molecular weight is 333 g/mol. The van der Waals surface area contributed by atoms with Crippen molar-refractivity contribution < 1.29 is 16.8 Å². The Morgan fingerprint density at radius 3 is 2.48 bits per heavy atom. The normalized spacial score (nSPS) is 19.3. The van der Waals surface area contributed by atoms with Crippen LogP contribution < -0.4 is 10.0 Å². The molecule has 9 heteroatoms. The molecule has 7 nitrogen and oxygen atoms in total. The zero-order valence-electron chi connectivity index (χ0n) is 11.7. The molecule has 1 saturated heterocycles. The molecule has 2 rings (SSSR count). The van der Waals surface area contributed by atoms with E-state index in [0.29, 0.717) is 25.2 Å². The molecule has 0 aromatic carbocycles. The van der Waals surface area contributed by atoms with Gasteiger partial charge in [0, 0.05) is 18.8 Å². The maximum absolute atomic E-state index is 12.2. The van der Waals surface area contributed by atoms with Crippen molar-refractivity contribution >= 4 is 25.7 Å². The van der Waals surface area contributed by atoms with Crippen LogP contribution in [0.3, 0.4) is 0 Å². The molecule has 1 aliphatic heterocycles. The molecule has 0 amide bonds. The second-order valence-corrected chi connectivity index (χ2v) is 8.97. The molecule has 2 N–H and O–H groups in total. The molecule has 21 heavy (non-hydrogen) atoms. The molecular formula is C12H19N3O4S2. The molecule has 1 fully saturated rings. The molecule has 0 saturated carbocycles. The number of nitrogens with zero attached hydrogens (tertiary/aromatic N) is 1. The standard InChI is InChI=1S/C12H19N3O4S2/c1-2-13-12-4-3-11(9-14-12)21(18,19)15-10-5-7-20(16,17)8-6-10/h3-4,9-10,15H,2,5-8H2,1H3,(H,13,14). The number of pyridine rings is 1. The Morgan fingerprint density at radius 1 is 1.29 bits per heavy atom. The highest BCUT2D eigenvalue weighted by Crippen LogP contribution is 2.16. The summed E-state index contributed by atoms with van der Waals surface area (Å²) in [5.41, 5.74) is 0. The van der Waals surface area contributed by atoms with Crippen molar-refractivity contribution in [3.63, 3.8) is 0 Å². The largest absolute Gasteiger partial charge is 0.370 e. The summed E-state index contributed by atoms with van der Waals surface area (Å²) < 4.78 is 49.6. The summed E-state index contributed by atoms with van der Waals surface area (Å²) in [6.45, 7) is 2.62. The topological polar surface area (TPSA) is 105 Å². The molecule has 0 bridgehead atoms. The first-order valence-electron chi connectivity index (χ1n) is 6.75. The summed E-state index contributed by atoms with van der Waals surface area (Å²) in [5, 5.41) is 2.98. The monoisotopic (exact) mass is 333 g/mol. The van der Waals surface area contributed by atoms with Crippen LogP contribution in [0.5, 0.6) is 0 Å². The third-order valence-corrected chi connectivity index (χ3v) is 6.50. The van der Waals surface area contributed by atoms with Crippen LogP contribution in [-0.2, 0) is 19.9 Å². The number of sulfonamides is 1. The van der Waals surface area contributed by atoms with Crippen molar-refractivity contribution in [1.29, 1.82) is 0 Å². The van der Waals surface area contributed by atoms with E-state index in [-0.39, 0.29) is 22.4 Å². The Labute approximate surface area is 125 Å². The quantitative estimate of drug-likeness (QED) is 0.806. The first-order chi connectivity index (χ1) is 9.82. The summed E-state index contributed by atoms with van der Waals surface area (Å²) in [6.07, 6.45) is 1.91. The van der Waals surface area contributed by atoms with E-state index in [2.05, 4.69) is 15.0 Å². The second-order valence-electron chi connectivity index (χ2n) is 4.96. The van der Waals surface area contributed by atoms with Crippen molar-refractivity contribution in [2.75, 3.05) is 23.4 Å².